The number of carboxylic acids is 1. The van der Waals surface area contributed by atoms with E-state index >= 15 is 0 Å². The predicted molar refractivity (Wildman–Crippen MR) is 153 cm³/mol. The molecule has 0 aromatic carbocycles. The highest BCUT2D eigenvalue weighted by Gasteiger charge is 2.70. The zero-order valence-corrected chi connectivity index (χ0v) is 25.1. The maximum Gasteiger partial charge on any atom is 0.331 e. The first kappa shape index (κ1) is 29.0. The van der Waals surface area contributed by atoms with E-state index in [-0.39, 0.29) is 54.2 Å². The normalized spacial score (nSPS) is 44.6. The van der Waals surface area contributed by atoms with Gasteiger partial charge >= 0.3 is 18.0 Å². The van der Waals surface area contributed by atoms with Crippen LogP contribution in [0.1, 0.15) is 78.1 Å². The smallest absolute Gasteiger partial charge is 0.331 e. The van der Waals surface area contributed by atoms with Gasteiger partial charge in [0.05, 0.1) is 5.60 Å². The number of nitrogens with one attached hydrogen (secondary N) is 1. The molecule has 0 aromatic heterocycles. The summed E-state index contributed by atoms with van der Waals surface area (Å²) in [6, 6.07) is 0.271. The van der Waals surface area contributed by atoms with Gasteiger partial charge in [0, 0.05) is 43.6 Å². The van der Waals surface area contributed by atoms with Gasteiger partial charge in [-0.1, -0.05) is 13.8 Å². The molecule has 4 saturated carbocycles. The van der Waals surface area contributed by atoms with Crippen LogP contribution in [0.25, 0.3) is 0 Å². The quantitative estimate of drug-likeness (QED) is 0.441. The Labute approximate surface area is 244 Å². The van der Waals surface area contributed by atoms with E-state index in [9.17, 15) is 24.6 Å². The molecule has 2 aliphatic heterocycles. The van der Waals surface area contributed by atoms with Gasteiger partial charge in [0.15, 0.2) is 0 Å². The Morgan fingerprint density at radius 3 is 2.61 bits per heavy atom. The number of hydrogen-bond donors (Lipinski definition) is 3. The van der Waals surface area contributed by atoms with Gasteiger partial charge in [-0.15, -0.1) is 0 Å². The second-order valence-corrected chi connectivity index (χ2v) is 14.8. The highest BCUT2D eigenvalue weighted by atomic mass is 16.5. The molecule has 3 N–H and O–H groups in total. The topological polar surface area (TPSA) is 119 Å². The number of ether oxygens (including phenoxy) is 1. The molecule has 0 bridgehead atoms. The van der Waals surface area contributed by atoms with Crippen molar-refractivity contribution in [3.8, 4) is 0 Å². The average Bonchev–Trinajstić information content (AvgIpc) is 3.32. The molecule has 9 heteroatoms. The van der Waals surface area contributed by atoms with Crippen LogP contribution in [0.5, 0.6) is 0 Å². The van der Waals surface area contributed by atoms with Gasteiger partial charge in [0.25, 0.3) is 0 Å². The van der Waals surface area contributed by atoms with Gasteiger partial charge in [0.2, 0.25) is 0 Å². The number of carboxylic acid groups (broad SMARTS) is 1. The van der Waals surface area contributed by atoms with Gasteiger partial charge in [-0.2, -0.15) is 0 Å². The molecule has 4 aliphatic carbocycles. The van der Waals surface area contributed by atoms with E-state index in [1.165, 1.54) is 0 Å². The highest BCUT2D eigenvalue weighted by Crippen LogP contribution is 2.71. The van der Waals surface area contributed by atoms with Crippen molar-refractivity contribution in [1.29, 1.82) is 0 Å². The number of cyclic esters (lactones) is 1. The Balaban J connectivity index is 1.18. The van der Waals surface area contributed by atoms with Gasteiger partial charge in [-0.3, -0.25) is 4.79 Å². The number of amides is 2. The highest BCUT2D eigenvalue weighted by molar-refractivity contribution is 5.85. The molecule has 0 aromatic rings. The molecule has 2 amide bonds. The van der Waals surface area contributed by atoms with Crippen LogP contribution in [0.3, 0.4) is 0 Å². The van der Waals surface area contributed by atoms with Gasteiger partial charge in [-0.05, 0) is 112 Å². The summed E-state index contributed by atoms with van der Waals surface area (Å²) in [7, 11) is 2.11. The first-order valence-corrected chi connectivity index (χ1v) is 16.0. The third kappa shape index (κ3) is 4.79. The molecule has 5 fully saturated rings. The monoisotopic (exact) mass is 571 g/mol. The fourth-order valence-corrected chi connectivity index (χ4v) is 10.8. The summed E-state index contributed by atoms with van der Waals surface area (Å²) in [6.07, 6.45) is 9.80. The van der Waals surface area contributed by atoms with Gasteiger partial charge in [0.1, 0.15) is 6.61 Å². The SMILES string of the molecule is CN1CCCN(C(=O)N[C@H]2CC[C@@]3(C)[C@H](CC[C@@H]4[C@@H]3CC[C@]3(C)[C@@H](C5=CC(=O)OC5)[C@H](CC(=O)O)C[C@]43O)C2)CC1. The largest absolute Gasteiger partial charge is 0.481 e. The van der Waals surface area contributed by atoms with E-state index in [1.54, 1.807) is 6.08 Å². The maximum absolute atomic E-state index is 13.2. The zero-order valence-electron chi connectivity index (χ0n) is 25.1. The van der Waals surface area contributed by atoms with Gasteiger partial charge in [-0.25, -0.2) is 9.59 Å². The molecular formula is C32H49N3O6. The van der Waals surface area contributed by atoms with E-state index in [0.29, 0.717) is 18.3 Å². The molecule has 0 unspecified atom stereocenters. The minimum absolute atomic E-state index is 0.0000593. The molecule has 41 heavy (non-hydrogen) atoms. The fraction of sp³-hybridized carbons (Fsp3) is 0.844. The average molecular weight is 572 g/mol. The van der Waals surface area contributed by atoms with E-state index in [4.69, 9.17) is 4.74 Å². The summed E-state index contributed by atoms with van der Waals surface area (Å²) >= 11 is 0. The number of aliphatic hydroxyl groups is 1. The Hall–Kier alpha value is -2.13. The van der Waals surface area contributed by atoms with Crippen LogP contribution in [0.4, 0.5) is 4.79 Å². The van der Waals surface area contributed by atoms with E-state index in [0.717, 1.165) is 83.1 Å². The summed E-state index contributed by atoms with van der Waals surface area (Å²) in [5.74, 6) is -0.595. The van der Waals surface area contributed by atoms with Crippen molar-refractivity contribution in [2.75, 3.05) is 39.8 Å². The van der Waals surface area contributed by atoms with Crippen LogP contribution in [0.15, 0.2) is 11.6 Å². The maximum atomic E-state index is 13.2. The van der Waals surface area contributed by atoms with Gasteiger partial charge < -0.3 is 30.1 Å². The van der Waals surface area contributed by atoms with Crippen LogP contribution >= 0.6 is 0 Å². The number of carbonyl (C=O) groups is 3. The number of hydrogen-bond acceptors (Lipinski definition) is 6. The summed E-state index contributed by atoms with van der Waals surface area (Å²) in [6.45, 7) is 8.32. The molecule has 2 heterocycles. The molecule has 9 nitrogen and oxygen atoms in total. The third-order valence-corrected chi connectivity index (χ3v) is 12.9. The van der Waals surface area contributed by atoms with Crippen LogP contribution < -0.4 is 5.32 Å². The number of esters is 1. The van der Waals surface area contributed by atoms with Crippen molar-refractivity contribution in [2.24, 2.45) is 40.4 Å². The molecule has 1 saturated heterocycles. The summed E-state index contributed by atoms with van der Waals surface area (Å²) in [5, 5.41) is 25.9. The van der Waals surface area contributed by atoms with Crippen molar-refractivity contribution >= 4 is 18.0 Å². The van der Waals surface area contributed by atoms with Crippen LogP contribution in [0, 0.1) is 40.4 Å². The fourth-order valence-electron chi connectivity index (χ4n) is 10.8. The predicted octanol–water partition coefficient (Wildman–Crippen LogP) is 3.66. The lowest BCUT2D eigenvalue weighted by atomic mass is 9.43. The van der Waals surface area contributed by atoms with Crippen molar-refractivity contribution in [3.63, 3.8) is 0 Å². The van der Waals surface area contributed by atoms with Crippen molar-refractivity contribution in [3.05, 3.63) is 11.6 Å². The van der Waals surface area contributed by atoms with E-state index in [1.807, 2.05) is 4.90 Å². The van der Waals surface area contributed by atoms with E-state index < -0.39 is 17.0 Å². The number of fused-ring (bicyclic) bond motifs is 5. The second-order valence-electron chi connectivity index (χ2n) is 14.8. The lowest BCUT2D eigenvalue weighted by Crippen LogP contribution is -2.63. The molecule has 6 rings (SSSR count). The Morgan fingerprint density at radius 2 is 1.88 bits per heavy atom. The molecule has 6 aliphatic rings. The standard InChI is InChI=1S/C32H49N3O6/c1-30-9-7-23(33-29(39)35-12-4-11-34(3)13-14-35)17-22(30)5-6-25-24(30)8-10-31(2)28(21-16-27(38)41-19-21)20(15-26(36)37)18-32(25,31)40/h16,20,22-25,28,40H,4-15,17-19H2,1-3H3,(H,33,39)(H,36,37)/t20-,22-,23+,24+,25-,28-,30+,31-,32+/m1/s1. The van der Waals surface area contributed by atoms with Crippen molar-refractivity contribution in [2.45, 2.75) is 89.7 Å². The van der Waals surface area contributed by atoms with Crippen LogP contribution in [0.2, 0.25) is 0 Å². The van der Waals surface area contributed by atoms with Crippen LogP contribution in [-0.4, -0.2) is 89.5 Å². The number of nitrogens with zero attached hydrogens (tertiary/aromatic N) is 2. The number of aliphatic carboxylic acids is 1. The summed E-state index contributed by atoms with van der Waals surface area (Å²) in [5.41, 5.74) is -0.487. The Morgan fingerprint density at radius 1 is 1.07 bits per heavy atom. The number of urea groups is 1. The summed E-state index contributed by atoms with van der Waals surface area (Å²) < 4.78 is 5.27. The first-order valence-electron chi connectivity index (χ1n) is 16.0. The summed E-state index contributed by atoms with van der Waals surface area (Å²) in [4.78, 5) is 41.4. The molecule has 228 valence electrons. The molecule has 9 atom stereocenters. The minimum atomic E-state index is -0.966. The Bertz CT molecular complexity index is 1110. The molecular weight excluding hydrogens is 522 g/mol. The lowest BCUT2D eigenvalue weighted by Gasteiger charge is -2.63. The second kappa shape index (κ2) is 10.5. The Kier molecular flexibility index (Phi) is 7.45. The van der Waals surface area contributed by atoms with Crippen molar-refractivity contribution < 1.29 is 29.3 Å². The number of rotatable bonds is 4. The number of likely N-dealkylation sites (N-methyl/N-ethyl adjacent to an activating group) is 1. The first-order chi connectivity index (χ1) is 19.4. The third-order valence-electron chi connectivity index (χ3n) is 12.9. The van der Waals surface area contributed by atoms with E-state index in [2.05, 4.69) is 31.1 Å². The number of carbonyl (C=O) groups excluding carboxylic acids is 2. The molecule has 0 radical (unpaired) electrons. The molecule has 0 spiro atoms. The van der Waals surface area contributed by atoms with Crippen molar-refractivity contribution in [1.82, 2.24) is 15.1 Å². The van der Waals surface area contributed by atoms with Crippen LogP contribution in [-0.2, 0) is 14.3 Å². The minimum Gasteiger partial charge on any atom is -0.481 e. The zero-order chi connectivity index (χ0) is 29.2. The lowest BCUT2D eigenvalue weighted by molar-refractivity contribution is -0.204.